The maximum Gasteiger partial charge on any atom is 0.249 e. The highest BCUT2D eigenvalue weighted by atomic mass is 16.5. The first kappa shape index (κ1) is 11.9. The number of ether oxygens (including phenoxy) is 1. The average molecular weight is 227 g/mol. The molecule has 1 saturated carbocycles. The van der Waals surface area contributed by atoms with Crippen LogP contribution < -0.4 is 5.32 Å². The van der Waals surface area contributed by atoms with Crippen molar-refractivity contribution in [3.63, 3.8) is 0 Å². The minimum atomic E-state index is -0.228. The summed E-state index contributed by atoms with van der Waals surface area (Å²) < 4.78 is 5.31. The van der Waals surface area contributed by atoms with Gasteiger partial charge in [0.25, 0.3) is 0 Å². The van der Waals surface area contributed by atoms with Gasteiger partial charge in [0.1, 0.15) is 6.10 Å². The maximum absolute atomic E-state index is 11.7. The minimum absolute atomic E-state index is 0.0255. The average Bonchev–Trinajstić information content (AvgIpc) is 2.79. The van der Waals surface area contributed by atoms with E-state index in [9.17, 15) is 9.90 Å². The molecule has 2 fully saturated rings. The number of carbonyl (C=O) groups is 1. The van der Waals surface area contributed by atoms with Crippen LogP contribution in [0.4, 0.5) is 0 Å². The molecule has 0 aromatic heterocycles. The van der Waals surface area contributed by atoms with Crippen LogP contribution in [0.25, 0.3) is 0 Å². The van der Waals surface area contributed by atoms with Crippen LogP contribution in [0.5, 0.6) is 0 Å². The van der Waals surface area contributed by atoms with E-state index in [1.165, 1.54) is 0 Å². The van der Waals surface area contributed by atoms with Gasteiger partial charge in [-0.05, 0) is 38.0 Å². The number of rotatable bonds is 3. The lowest BCUT2D eigenvalue weighted by atomic mass is 9.87. The Bertz CT molecular complexity index is 238. The summed E-state index contributed by atoms with van der Waals surface area (Å²) in [4.78, 5) is 11.7. The zero-order valence-electron chi connectivity index (χ0n) is 9.65. The van der Waals surface area contributed by atoms with Gasteiger partial charge < -0.3 is 15.2 Å². The normalized spacial score (nSPS) is 34.9. The maximum atomic E-state index is 11.7. The number of hydrogen-bond acceptors (Lipinski definition) is 3. The van der Waals surface area contributed by atoms with Crippen LogP contribution in [0.15, 0.2) is 0 Å². The molecule has 2 aliphatic rings. The zero-order chi connectivity index (χ0) is 11.4. The summed E-state index contributed by atoms with van der Waals surface area (Å²) in [5.74, 6) is 0.465. The van der Waals surface area contributed by atoms with Crippen molar-refractivity contribution in [2.45, 2.75) is 50.7 Å². The summed E-state index contributed by atoms with van der Waals surface area (Å²) in [6.45, 7) is 1.40. The van der Waals surface area contributed by atoms with Crippen molar-refractivity contribution >= 4 is 5.91 Å². The number of aliphatic hydroxyl groups excluding tert-OH is 1. The van der Waals surface area contributed by atoms with E-state index in [2.05, 4.69) is 5.32 Å². The Morgan fingerprint density at radius 2 is 2.19 bits per heavy atom. The molecular weight excluding hydrogens is 206 g/mol. The molecule has 0 aromatic carbocycles. The van der Waals surface area contributed by atoms with Gasteiger partial charge in [0, 0.05) is 13.2 Å². The molecule has 0 aromatic rings. The Balaban J connectivity index is 1.67. The second-order valence-electron chi connectivity index (χ2n) is 4.93. The van der Waals surface area contributed by atoms with Crippen LogP contribution >= 0.6 is 0 Å². The van der Waals surface area contributed by atoms with Crippen LogP contribution in [-0.2, 0) is 9.53 Å². The number of amides is 1. The van der Waals surface area contributed by atoms with Gasteiger partial charge >= 0.3 is 0 Å². The first-order chi connectivity index (χ1) is 7.75. The first-order valence-electron chi connectivity index (χ1n) is 6.33. The smallest absolute Gasteiger partial charge is 0.249 e. The van der Waals surface area contributed by atoms with Crippen molar-refractivity contribution in [1.29, 1.82) is 0 Å². The molecule has 4 nitrogen and oxygen atoms in total. The van der Waals surface area contributed by atoms with E-state index in [4.69, 9.17) is 4.74 Å². The molecule has 16 heavy (non-hydrogen) atoms. The number of hydrogen-bond donors (Lipinski definition) is 2. The number of carbonyl (C=O) groups excluding carboxylic acids is 1. The largest absolute Gasteiger partial charge is 0.393 e. The highest BCUT2D eigenvalue weighted by Gasteiger charge is 2.25. The topological polar surface area (TPSA) is 58.6 Å². The summed E-state index contributed by atoms with van der Waals surface area (Å²) in [7, 11) is 0. The number of aliphatic hydroxyl groups is 1. The predicted octanol–water partition coefficient (Wildman–Crippen LogP) is 0.833. The molecule has 1 aliphatic heterocycles. The summed E-state index contributed by atoms with van der Waals surface area (Å²) >= 11 is 0. The van der Waals surface area contributed by atoms with E-state index in [0.717, 1.165) is 38.5 Å². The van der Waals surface area contributed by atoms with Gasteiger partial charge in [-0.25, -0.2) is 0 Å². The summed E-state index contributed by atoms with van der Waals surface area (Å²) in [5, 5.41) is 12.5. The van der Waals surface area contributed by atoms with E-state index in [0.29, 0.717) is 19.1 Å². The third-order valence-corrected chi connectivity index (χ3v) is 3.54. The van der Waals surface area contributed by atoms with Crippen LogP contribution in [0, 0.1) is 5.92 Å². The molecule has 1 aliphatic carbocycles. The van der Waals surface area contributed by atoms with Crippen molar-refractivity contribution in [2.24, 2.45) is 5.92 Å². The van der Waals surface area contributed by atoms with Crippen molar-refractivity contribution in [3.05, 3.63) is 0 Å². The van der Waals surface area contributed by atoms with Crippen molar-refractivity contribution in [2.75, 3.05) is 13.2 Å². The van der Waals surface area contributed by atoms with Gasteiger partial charge in [-0.15, -0.1) is 0 Å². The molecule has 92 valence electrons. The van der Waals surface area contributed by atoms with Gasteiger partial charge in [-0.1, -0.05) is 6.42 Å². The Hall–Kier alpha value is -0.610. The molecule has 4 heteroatoms. The van der Waals surface area contributed by atoms with Crippen molar-refractivity contribution < 1.29 is 14.6 Å². The highest BCUT2D eigenvalue weighted by Crippen LogP contribution is 2.23. The molecule has 2 unspecified atom stereocenters. The minimum Gasteiger partial charge on any atom is -0.393 e. The molecule has 1 amide bonds. The Morgan fingerprint density at radius 1 is 1.31 bits per heavy atom. The molecule has 1 saturated heterocycles. The molecule has 0 radical (unpaired) electrons. The van der Waals surface area contributed by atoms with E-state index in [1.54, 1.807) is 0 Å². The van der Waals surface area contributed by atoms with Gasteiger partial charge in [0.05, 0.1) is 6.10 Å². The fraction of sp³-hybridized carbons (Fsp3) is 0.917. The lowest BCUT2D eigenvalue weighted by molar-refractivity contribution is -0.130. The van der Waals surface area contributed by atoms with E-state index < -0.39 is 0 Å². The van der Waals surface area contributed by atoms with Crippen LogP contribution in [-0.4, -0.2) is 36.4 Å². The van der Waals surface area contributed by atoms with E-state index in [-0.39, 0.29) is 18.1 Å². The standard InChI is InChI=1S/C12H21NO3/c14-10-4-1-3-9(7-10)8-13-12(15)11-5-2-6-16-11/h9-11,14H,1-8H2,(H,13,15)/t9?,10?,11-/m1/s1. The van der Waals surface area contributed by atoms with Gasteiger partial charge in [-0.3, -0.25) is 4.79 Å². The molecular formula is C12H21NO3. The van der Waals surface area contributed by atoms with Crippen molar-refractivity contribution in [1.82, 2.24) is 5.32 Å². The van der Waals surface area contributed by atoms with Gasteiger partial charge in [0.2, 0.25) is 5.91 Å². The SMILES string of the molecule is O=C(NCC1CCCC(O)C1)[C@H]1CCCO1. The Labute approximate surface area is 96.4 Å². The summed E-state index contributed by atoms with van der Waals surface area (Å²) in [6.07, 6.45) is 5.36. The monoisotopic (exact) mass is 227 g/mol. The summed E-state index contributed by atoms with van der Waals surface area (Å²) in [5.41, 5.74) is 0. The second-order valence-corrected chi connectivity index (χ2v) is 4.93. The van der Waals surface area contributed by atoms with Gasteiger partial charge in [-0.2, -0.15) is 0 Å². The van der Waals surface area contributed by atoms with E-state index in [1.807, 2.05) is 0 Å². The highest BCUT2D eigenvalue weighted by molar-refractivity contribution is 5.80. The lowest BCUT2D eigenvalue weighted by Crippen LogP contribution is -2.38. The van der Waals surface area contributed by atoms with Gasteiger partial charge in [0.15, 0.2) is 0 Å². The Kier molecular flexibility index (Phi) is 4.18. The third-order valence-electron chi connectivity index (χ3n) is 3.54. The zero-order valence-corrected chi connectivity index (χ0v) is 9.65. The molecule has 0 spiro atoms. The predicted molar refractivity (Wildman–Crippen MR) is 59.9 cm³/mol. The first-order valence-corrected chi connectivity index (χ1v) is 6.33. The van der Waals surface area contributed by atoms with Crippen LogP contribution in [0.3, 0.4) is 0 Å². The van der Waals surface area contributed by atoms with Crippen LogP contribution in [0.1, 0.15) is 38.5 Å². The number of nitrogens with one attached hydrogen (secondary N) is 1. The van der Waals surface area contributed by atoms with E-state index >= 15 is 0 Å². The fourth-order valence-electron chi connectivity index (χ4n) is 2.59. The molecule has 1 heterocycles. The molecule has 2 N–H and O–H groups in total. The fourth-order valence-corrected chi connectivity index (χ4v) is 2.59. The lowest BCUT2D eigenvalue weighted by Gasteiger charge is -2.26. The van der Waals surface area contributed by atoms with Crippen molar-refractivity contribution in [3.8, 4) is 0 Å². The third kappa shape index (κ3) is 3.19. The molecule has 0 bridgehead atoms. The summed E-state index contributed by atoms with van der Waals surface area (Å²) in [6, 6.07) is 0. The second kappa shape index (κ2) is 5.64. The Morgan fingerprint density at radius 3 is 2.88 bits per heavy atom. The molecule has 3 atom stereocenters. The van der Waals surface area contributed by atoms with Crippen LogP contribution in [0.2, 0.25) is 0 Å². The molecule has 2 rings (SSSR count). The quantitative estimate of drug-likeness (QED) is 0.751.